The van der Waals surface area contributed by atoms with Crippen molar-refractivity contribution in [2.75, 3.05) is 33.7 Å². The summed E-state index contributed by atoms with van der Waals surface area (Å²) in [5.74, 6) is 0.549. The van der Waals surface area contributed by atoms with Gasteiger partial charge in [-0.2, -0.15) is 0 Å². The summed E-state index contributed by atoms with van der Waals surface area (Å²) in [6.45, 7) is 8.28. The van der Waals surface area contributed by atoms with E-state index < -0.39 is 0 Å². The van der Waals surface area contributed by atoms with E-state index >= 15 is 0 Å². The van der Waals surface area contributed by atoms with E-state index in [1.54, 1.807) is 23.5 Å². The normalized spacial score (nSPS) is 13.1. The number of nitrogens with zero attached hydrogens (tertiary/aromatic N) is 3. The first-order valence-corrected chi connectivity index (χ1v) is 10.1. The van der Waals surface area contributed by atoms with Crippen LogP contribution in [-0.2, 0) is 6.42 Å². The van der Waals surface area contributed by atoms with Crippen LogP contribution in [0.25, 0.3) is 0 Å². The highest BCUT2D eigenvalue weighted by Crippen LogP contribution is 2.19. The zero-order chi connectivity index (χ0) is 19.8. The van der Waals surface area contributed by atoms with E-state index in [0.29, 0.717) is 6.54 Å². The Balaban J connectivity index is 1.99. The molecular weight excluding hydrogens is 361 g/mol. The highest BCUT2D eigenvalue weighted by atomic mass is 32.1. The Morgan fingerprint density at radius 3 is 2.67 bits per heavy atom. The summed E-state index contributed by atoms with van der Waals surface area (Å²) in [5, 5.41) is 7.78. The molecule has 1 aromatic carbocycles. The summed E-state index contributed by atoms with van der Waals surface area (Å²) in [5.41, 5.74) is 2.04. The summed E-state index contributed by atoms with van der Waals surface area (Å²) >= 11 is 1.75. The molecule has 0 bridgehead atoms. The van der Waals surface area contributed by atoms with Crippen molar-refractivity contribution in [2.45, 2.75) is 33.2 Å². The second-order valence-corrected chi connectivity index (χ2v) is 7.97. The van der Waals surface area contributed by atoms with Gasteiger partial charge in [0.25, 0.3) is 0 Å². The van der Waals surface area contributed by atoms with Crippen LogP contribution in [0.15, 0.2) is 29.3 Å². The Labute approximate surface area is 165 Å². The van der Waals surface area contributed by atoms with Crippen LogP contribution in [0.3, 0.4) is 0 Å². The Kier molecular flexibility index (Phi) is 8.19. The molecule has 0 radical (unpaired) electrons. The number of aryl methyl sites for hydroxylation is 2. The van der Waals surface area contributed by atoms with E-state index in [0.717, 1.165) is 41.7 Å². The van der Waals surface area contributed by atoms with Crippen LogP contribution < -0.4 is 10.6 Å². The van der Waals surface area contributed by atoms with Crippen LogP contribution in [0.2, 0.25) is 0 Å². The molecule has 7 heteroatoms. The molecule has 2 aromatic rings. The van der Waals surface area contributed by atoms with E-state index in [1.165, 1.54) is 10.9 Å². The van der Waals surface area contributed by atoms with E-state index in [-0.39, 0.29) is 11.9 Å². The summed E-state index contributed by atoms with van der Waals surface area (Å²) in [6, 6.07) is 6.74. The molecule has 1 atom stereocenters. The molecule has 0 saturated heterocycles. The van der Waals surface area contributed by atoms with Gasteiger partial charge in [0.15, 0.2) is 5.96 Å². The van der Waals surface area contributed by atoms with E-state index in [1.807, 2.05) is 34.0 Å². The molecule has 0 saturated carbocycles. The number of rotatable bonds is 8. The molecule has 0 fully saturated rings. The lowest BCUT2D eigenvalue weighted by Crippen LogP contribution is -2.39. The summed E-state index contributed by atoms with van der Waals surface area (Å²) in [6.07, 6.45) is 0.866. The lowest BCUT2D eigenvalue weighted by molar-refractivity contribution is 0.305. The van der Waals surface area contributed by atoms with Crippen molar-refractivity contribution < 1.29 is 4.39 Å². The minimum absolute atomic E-state index is 0.0143. The molecular formula is C20H30FN5S. The van der Waals surface area contributed by atoms with Gasteiger partial charge in [-0.05, 0) is 52.6 Å². The first kappa shape index (κ1) is 21.3. The van der Waals surface area contributed by atoms with Crippen LogP contribution >= 0.6 is 11.3 Å². The van der Waals surface area contributed by atoms with Crippen LogP contribution in [0.4, 0.5) is 4.39 Å². The Morgan fingerprint density at radius 2 is 2.07 bits per heavy atom. The van der Waals surface area contributed by atoms with Crippen LogP contribution in [0.5, 0.6) is 0 Å². The van der Waals surface area contributed by atoms with Gasteiger partial charge in [0.05, 0.1) is 23.3 Å². The molecule has 1 unspecified atom stereocenters. The summed E-state index contributed by atoms with van der Waals surface area (Å²) < 4.78 is 13.6. The topological polar surface area (TPSA) is 52.6 Å². The number of nitrogens with one attached hydrogen (secondary N) is 2. The minimum atomic E-state index is -0.220. The molecule has 5 nitrogen and oxygen atoms in total. The maximum Gasteiger partial charge on any atom is 0.191 e. The zero-order valence-corrected chi connectivity index (χ0v) is 17.7. The van der Waals surface area contributed by atoms with Crippen molar-refractivity contribution in [3.05, 3.63) is 51.2 Å². The first-order valence-electron chi connectivity index (χ1n) is 9.27. The van der Waals surface area contributed by atoms with Crippen LogP contribution in [0.1, 0.15) is 34.1 Å². The number of thiazole rings is 1. The fourth-order valence-electron chi connectivity index (χ4n) is 2.73. The maximum absolute atomic E-state index is 13.6. The van der Waals surface area contributed by atoms with Crippen molar-refractivity contribution in [2.24, 2.45) is 4.99 Å². The van der Waals surface area contributed by atoms with Gasteiger partial charge in [0.2, 0.25) is 0 Å². The summed E-state index contributed by atoms with van der Waals surface area (Å²) in [7, 11) is 3.97. The smallest absolute Gasteiger partial charge is 0.191 e. The van der Waals surface area contributed by atoms with Gasteiger partial charge < -0.3 is 15.5 Å². The third-order valence-electron chi connectivity index (χ3n) is 4.33. The van der Waals surface area contributed by atoms with Gasteiger partial charge in [-0.3, -0.25) is 4.99 Å². The SMILES string of the molecule is CCNC(=NCC(c1cccc(F)c1)N(C)C)NCCc1nc(C)c(C)s1. The average molecular weight is 392 g/mol. The average Bonchev–Trinajstić information content (AvgIpc) is 2.92. The Morgan fingerprint density at radius 1 is 1.30 bits per heavy atom. The second kappa shape index (κ2) is 10.4. The van der Waals surface area contributed by atoms with Crippen LogP contribution in [-0.4, -0.2) is 49.6 Å². The third-order valence-corrected chi connectivity index (χ3v) is 5.46. The Bertz CT molecular complexity index is 737. The molecule has 2 rings (SSSR count). The minimum Gasteiger partial charge on any atom is -0.357 e. The quantitative estimate of drug-likeness (QED) is 0.536. The highest BCUT2D eigenvalue weighted by molar-refractivity contribution is 7.11. The monoisotopic (exact) mass is 391 g/mol. The number of hydrogen-bond donors (Lipinski definition) is 2. The predicted molar refractivity (Wildman–Crippen MR) is 112 cm³/mol. The molecule has 27 heavy (non-hydrogen) atoms. The van der Waals surface area contributed by atoms with E-state index in [2.05, 4.69) is 27.4 Å². The van der Waals surface area contributed by atoms with Gasteiger partial charge in [-0.1, -0.05) is 12.1 Å². The van der Waals surface area contributed by atoms with Crippen LogP contribution in [0, 0.1) is 19.7 Å². The van der Waals surface area contributed by atoms with Crippen molar-refractivity contribution in [1.82, 2.24) is 20.5 Å². The van der Waals surface area contributed by atoms with Gasteiger partial charge in [-0.25, -0.2) is 9.37 Å². The molecule has 0 aliphatic carbocycles. The fraction of sp³-hybridized carbons (Fsp3) is 0.500. The second-order valence-electron chi connectivity index (χ2n) is 6.68. The third kappa shape index (κ3) is 6.59. The molecule has 148 valence electrons. The number of likely N-dealkylation sites (N-methyl/N-ethyl adjacent to an activating group) is 1. The van der Waals surface area contributed by atoms with Crippen molar-refractivity contribution in [1.29, 1.82) is 0 Å². The molecule has 1 heterocycles. The zero-order valence-electron chi connectivity index (χ0n) is 16.8. The van der Waals surface area contributed by atoms with E-state index in [9.17, 15) is 4.39 Å². The lowest BCUT2D eigenvalue weighted by Gasteiger charge is -2.23. The first-order chi connectivity index (χ1) is 12.9. The number of aromatic nitrogens is 1. The number of guanidine groups is 1. The van der Waals surface area contributed by atoms with E-state index in [4.69, 9.17) is 4.99 Å². The van der Waals surface area contributed by atoms with Crippen molar-refractivity contribution >= 4 is 17.3 Å². The number of aliphatic imine (C=N–C) groups is 1. The van der Waals surface area contributed by atoms with Gasteiger partial charge in [0, 0.05) is 24.4 Å². The molecule has 0 amide bonds. The molecule has 0 aliphatic heterocycles. The number of benzene rings is 1. The largest absolute Gasteiger partial charge is 0.357 e. The highest BCUT2D eigenvalue weighted by Gasteiger charge is 2.14. The predicted octanol–water partition coefficient (Wildman–Crippen LogP) is 3.30. The number of hydrogen-bond acceptors (Lipinski definition) is 4. The molecule has 0 aliphatic rings. The standard InChI is InChI=1S/C20H30FN5S/c1-6-22-20(23-11-10-19-25-14(2)15(3)27-19)24-13-18(26(4)5)16-8-7-9-17(21)12-16/h7-9,12,18H,6,10-11,13H2,1-5H3,(H2,22,23,24). The molecule has 1 aromatic heterocycles. The molecule has 0 spiro atoms. The maximum atomic E-state index is 13.6. The summed E-state index contributed by atoms with van der Waals surface area (Å²) in [4.78, 5) is 12.6. The fourth-order valence-corrected chi connectivity index (χ4v) is 3.67. The van der Waals surface area contributed by atoms with Crippen molar-refractivity contribution in [3.63, 3.8) is 0 Å². The Hall–Kier alpha value is -1.99. The molecule has 2 N–H and O–H groups in total. The van der Waals surface area contributed by atoms with Gasteiger partial charge >= 0.3 is 0 Å². The lowest BCUT2D eigenvalue weighted by atomic mass is 10.1. The van der Waals surface area contributed by atoms with Crippen molar-refractivity contribution in [3.8, 4) is 0 Å². The number of halogens is 1. The van der Waals surface area contributed by atoms with Gasteiger partial charge in [0.1, 0.15) is 5.82 Å². The van der Waals surface area contributed by atoms with Gasteiger partial charge in [-0.15, -0.1) is 11.3 Å².